The van der Waals surface area contributed by atoms with Gasteiger partial charge < -0.3 is 20.3 Å². The quantitative estimate of drug-likeness (QED) is 0.730. The van der Waals surface area contributed by atoms with E-state index in [1.807, 2.05) is 6.07 Å². The average Bonchev–Trinajstić information content (AvgIpc) is 2.69. The molecule has 3 rings (SSSR count). The van der Waals surface area contributed by atoms with E-state index < -0.39 is 5.25 Å². The Bertz CT molecular complexity index is 936. The summed E-state index contributed by atoms with van der Waals surface area (Å²) in [5.74, 6) is -0.191. The van der Waals surface area contributed by atoms with E-state index in [0.717, 1.165) is 4.90 Å². The van der Waals surface area contributed by atoms with Gasteiger partial charge in [0, 0.05) is 29.1 Å². The van der Waals surface area contributed by atoms with Gasteiger partial charge in [-0.1, -0.05) is 11.6 Å². The molecular weight excluding hydrogens is 414 g/mol. The van der Waals surface area contributed by atoms with E-state index in [4.69, 9.17) is 16.3 Å². The van der Waals surface area contributed by atoms with Crippen LogP contribution in [0.5, 0.6) is 5.75 Å². The molecule has 2 N–H and O–H groups in total. The van der Waals surface area contributed by atoms with Gasteiger partial charge in [-0.15, -0.1) is 11.8 Å². The Morgan fingerprint density at radius 3 is 2.66 bits per heavy atom. The van der Waals surface area contributed by atoms with E-state index in [0.29, 0.717) is 22.1 Å². The van der Waals surface area contributed by atoms with Gasteiger partial charge in [-0.2, -0.15) is 0 Å². The van der Waals surface area contributed by atoms with Crippen LogP contribution < -0.4 is 15.4 Å². The maximum atomic E-state index is 12.5. The number of halogens is 1. The molecule has 0 radical (unpaired) electrons. The van der Waals surface area contributed by atoms with E-state index >= 15 is 0 Å². The normalized spacial score (nSPS) is 15.1. The molecule has 0 bridgehead atoms. The van der Waals surface area contributed by atoms with E-state index in [9.17, 15) is 14.4 Å². The highest BCUT2D eigenvalue weighted by molar-refractivity contribution is 8.01. The fraction of sp³-hybridized carbons (Fsp3) is 0.250. The fourth-order valence-corrected chi connectivity index (χ4v) is 4.00. The number of rotatable bonds is 6. The standard InChI is InChI=1S/C20H20ClN3O4S/c1-24(11-18(25)22-13-4-6-14(28-2)7-5-13)19(26)10-17-20(27)23-15-9-12(21)3-8-16(15)29-17/h3-9,17H,10-11H2,1-2H3,(H,22,25)(H,23,27)/t17-/m0/s1. The number of carbonyl (C=O) groups excluding carboxylic acids is 3. The maximum Gasteiger partial charge on any atom is 0.243 e. The zero-order valence-corrected chi connectivity index (χ0v) is 17.5. The van der Waals surface area contributed by atoms with Gasteiger partial charge in [-0.3, -0.25) is 14.4 Å². The van der Waals surface area contributed by atoms with Gasteiger partial charge in [0.1, 0.15) is 5.75 Å². The Kier molecular flexibility index (Phi) is 6.66. The Balaban J connectivity index is 1.53. The highest BCUT2D eigenvalue weighted by atomic mass is 35.5. The first kappa shape index (κ1) is 21.0. The van der Waals surface area contributed by atoms with Crippen molar-refractivity contribution in [1.82, 2.24) is 4.90 Å². The van der Waals surface area contributed by atoms with Crippen molar-refractivity contribution in [2.24, 2.45) is 0 Å². The zero-order chi connectivity index (χ0) is 21.0. The second kappa shape index (κ2) is 9.19. The molecule has 7 nitrogen and oxygen atoms in total. The summed E-state index contributed by atoms with van der Waals surface area (Å²) in [7, 11) is 3.10. The Labute approximate surface area is 177 Å². The number of nitrogens with zero attached hydrogens (tertiary/aromatic N) is 1. The molecule has 0 spiro atoms. The van der Waals surface area contributed by atoms with Gasteiger partial charge in [0.05, 0.1) is 24.6 Å². The predicted octanol–water partition coefficient (Wildman–Crippen LogP) is 3.25. The van der Waals surface area contributed by atoms with E-state index in [2.05, 4.69) is 10.6 Å². The second-order valence-electron chi connectivity index (χ2n) is 6.47. The molecule has 1 aliphatic heterocycles. The molecule has 1 aliphatic rings. The number of nitrogens with one attached hydrogen (secondary N) is 2. The van der Waals surface area contributed by atoms with Gasteiger partial charge in [0.2, 0.25) is 17.7 Å². The van der Waals surface area contributed by atoms with Crippen LogP contribution in [0.1, 0.15) is 6.42 Å². The molecule has 2 aromatic rings. The van der Waals surface area contributed by atoms with E-state index in [-0.39, 0.29) is 30.7 Å². The minimum atomic E-state index is -0.566. The molecule has 1 heterocycles. The third-order valence-corrected chi connectivity index (χ3v) is 5.81. The van der Waals surface area contributed by atoms with Crippen LogP contribution in [0.25, 0.3) is 0 Å². The van der Waals surface area contributed by atoms with Crippen LogP contribution in [0.15, 0.2) is 47.4 Å². The van der Waals surface area contributed by atoms with Gasteiger partial charge >= 0.3 is 0 Å². The summed E-state index contributed by atoms with van der Waals surface area (Å²) >= 11 is 7.26. The summed E-state index contributed by atoms with van der Waals surface area (Å²) in [6, 6.07) is 12.1. The number of ether oxygens (including phenoxy) is 1. The number of likely N-dealkylation sites (N-methyl/N-ethyl adjacent to an activating group) is 1. The number of hydrogen-bond donors (Lipinski definition) is 2. The van der Waals surface area contributed by atoms with Crippen LogP contribution in [0.3, 0.4) is 0 Å². The van der Waals surface area contributed by atoms with E-state index in [1.165, 1.54) is 23.7 Å². The molecule has 0 saturated heterocycles. The summed E-state index contributed by atoms with van der Waals surface area (Å²) in [6.45, 7) is -0.115. The molecule has 2 aromatic carbocycles. The van der Waals surface area contributed by atoms with Crippen molar-refractivity contribution in [3.8, 4) is 5.75 Å². The summed E-state index contributed by atoms with van der Waals surface area (Å²) in [4.78, 5) is 39.2. The summed E-state index contributed by atoms with van der Waals surface area (Å²) < 4.78 is 5.07. The lowest BCUT2D eigenvalue weighted by atomic mass is 10.2. The number of benzene rings is 2. The molecule has 0 unspecified atom stereocenters. The Hall–Kier alpha value is -2.71. The van der Waals surface area contributed by atoms with E-state index in [1.54, 1.807) is 43.5 Å². The number of thioether (sulfide) groups is 1. The van der Waals surface area contributed by atoms with Crippen LogP contribution in [0, 0.1) is 0 Å². The number of methoxy groups -OCH3 is 1. The minimum absolute atomic E-state index is 0.00905. The van der Waals surface area contributed by atoms with Crippen LogP contribution in [0.4, 0.5) is 11.4 Å². The number of carbonyl (C=O) groups is 3. The molecule has 3 amide bonds. The lowest BCUT2D eigenvalue weighted by Gasteiger charge is -2.25. The summed E-state index contributed by atoms with van der Waals surface area (Å²) in [6.07, 6.45) is -0.00905. The lowest BCUT2D eigenvalue weighted by molar-refractivity contribution is -0.134. The first-order valence-electron chi connectivity index (χ1n) is 8.80. The largest absolute Gasteiger partial charge is 0.497 e. The van der Waals surface area contributed by atoms with Crippen molar-refractivity contribution in [2.45, 2.75) is 16.6 Å². The predicted molar refractivity (Wildman–Crippen MR) is 114 cm³/mol. The topological polar surface area (TPSA) is 87.7 Å². The molecular formula is C20H20ClN3O4S. The summed E-state index contributed by atoms with van der Waals surface area (Å²) in [5, 5.41) is 5.46. The number of hydrogen-bond acceptors (Lipinski definition) is 5. The smallest absolute Gasteiger partial charge is 0.243 e. The van der Waals surface area contributed by atoms with Crippen LogP contribution in [0.2, 0.25) is 5.02 Å². The Morgan fingerprint density at radius 1 is 1.24 bits per heavy atom. The third kappa shape index (κ3) is 5.42. The first-order chi connectivity index (χ1) is 13.9. The van der Waals surface area contributed by atoms with Gasteiger partial charge in [0.15, 0.2) is 0 Å². The minimum Gasteiger partial charge on any atom is -0.497 e. The molecule has 0 aromatic heterocycles. The molecule has 0 aliphatic carbocycles. The molecule has 29 heavy (non-hydrogen) atoms. The molecule has 0 fully saturated rings. The third-order valence-electron chi connectivity index (χ3n) is 4.30. The second-order valence-corrected chi connectivity index (χ2v) is 8.15. The van der Waals surface area contributed by atoms with Crippen molar-refractivity contribution in [3.05, 3.63) is 47.5 Å². The SMILES string of the molecule is COc1ccc(NC(=O)CN(C)C(=O)C[C@@H]2Sc3ccc(Cl)cc3NC2=O)cc1. The maximum absolute atomic E-state index is 12.5. The van der Waals surface area contributed by atoms with Crippen molar-refractivity contribution < 1.29 is 19.1 Å². The highest BCUT2D eigenvalue weighted by Gasteiger charge is 2.30. The van der Waals surface area contributed by atoms with Crippen LogP contribution >= 0.6 is 23.4 Å². The monoisotopic (exact) mass is 433 g/mol. The molecule has 9 heteroatoms. The number of anilines is 2. The van der Waals surface area contributed by atoms with Crippen molar-refractivity contribution in [1.29, 1.82) is 0 Å². The molecule has 0 saturated carbocycles. The zero-order valence-electron chi connectivity index (χ0n) is 15.9. The lowest BCUT2D eigenvalue weighted by Crippen LogP contribution is -2.39. The van der Waals surface area contributed by atoms with Gasteiger partial charge in [0.25, 0.3) is 0 Å². The molecule has 1 atom stereocenters. The van der Waals surface area contributed by atoms with Gasteiger partial charge in [-0.05, 0) is 42.5 Å². The summed E-state index contributed by atoms with van der Waals surface area (Å²) in [5.41, 5.74) is 1.25. The average molecular weight is 434 g/mol. The van der Waals surface area contributed by atoms with Crippen molar-refractivity contribution >= 4 is 52.5 Å². The molecule has 152 valence electrons. The van der Waals surface area contributed by atoms with Crippen molar-refractivity contribution in [3.63, 3.8) is 0 Å². The van der Waals surface area contributed by atoms with Crippen LogP contribution in [-0.4, -0.2) is 48.6 Å². The van der Waals surface area contributed by atoms with Gasteiger partial charge in [-0.25, -0.2) is 0 Å². The highest BCUT2D eigenvalue weighted by Crippen LogP contribution is 2.38. The number of amides is 3. The first-order valence-corrected chi connectivity index (χ1v) is 10.1. The number of fused-ring (bicyclic) bond motifs is 1. The van der Waals surface area contributed by atoms with Crippen LogP contribution in [-0.2, 0) is 14.4 Å². The Morgan fingerprint density at radius 2 is 1.97 bits per heavy atom. The fourth-order valence-electron chi connectivity index (χ4n) is 2.75. The van der Waals surface area contributed by atoms with Crippen molar-refractivity contribution in [2.75, 3.05) is 31.3 Å².